The Morgan fingerprint density at radius 2 is 1.00 bits per heavy atom. The smallest absolute Gasteiger partial charge is 0.167 e. The van der Waals surface area contributed by atoms with Crippen LogP contribution in [0.4, 0.5) is 0 Å². The van der Waals surface area contributed by atoms with E-state index in [0.717, 1.165) is 77.3 Å². The van der Waals surface area contributed by atoms with Crippen molar-refractivity contribution in [1.82, 2.24) is 19.5 Å². The van der Waals surface area contributed by atoms with Gasteiger partial charge in [0.05, 0.1) is 16.6 Å². The van der Waals surface area contributed by atoms with Crippen LogP contribution in [0.5, 0.6) is 0 Å². The molecule has 0 bridgehead atoms. The first-order valence-electron chi connectivity index (χ1n) is 16.9. The standard InChI is InChI=1S/C45H26N4O2/c1-2-11-27(12-3-1)43-46-44(28-21-24-40-36(25-28)32-15-6-9-20-39(32)50-40)48-45(47-43)35-17-10-16-34-33-23-22-29(26-41(33)51-42(34)35)49-37-18-7-4-13-30(37)31-14-5-8-19-38(31)49/h1-26H. The Hall–Kier alpha value is -7.05. The van der Waals surface area contributed by atoms with Crippen molar-refractivity contribution in [3.8, 4) is 39.9 Å². The molecule has 7 aromatic carbocycles. The Morgan fingerprint density at radius 3 is 1.80 bits per heavy atom. The highest BCUT2D eigenvalue weighted by Crippen LogP contribution is 2.39. The van der Waals surface area contributed by atoms with E-state index < -0.39 is 0 Å². The second kappa shape index (κ2) is 10.7. The van der Waals surface area contributed by atoms with Gasteiger partial charge in [0.1, 0.15) is 22.3 Å². The normalized spacial score (nSPS) is 11.9. The number of benzene rings is 7. The largest absolute Gasteiger partial charge is 0.456 e. The molecular weight excluding hydrogens is 629 g/mol. The molecule has 0 saturated heterocycles. The zero-order valence-corrected chi connectivity index (χ0v) is 27.1. The molecule has 6 heteroatoms. The van der Waals surface area contributed by atoms with Gasteiger partial charge in [-0.2, -0.15) is 0 Å². The van der Waals surface area contributed by atoms with Crippen molar-refractivity contribution < 1.29 is 8.83 Å². The lowest BCUT2D eigenvalue weighted by Crippen LogP contribution is -2.00. The molecule has 0 aliphatic heterocycles. The second-order valence-corrected chi connectivity index (χ2v) is 12.8. The minimum Gasteiger partial charge on any atom is -0.456 e. The fourth-order valence-electron chi connectivity index (χ4n) is 7.51. The molecule has 0 spiro atoms. The van der Waals surface area contributed by atoms with Crippen LogP contribution in [0.2, 0.25) is 0 Å². The molecule has 0 radical (unpaired) electrons. The van der Waals surface area contributed by atoms with Crippen LogP contribution in [0, 0.1) is 0 Å². The first-order valence-corrected chi connectivity index (χ1v) is 16.9. The van der Waals surface area contributed by atoms with Gasteiger partial charge in [-0.25, -0.2) is 15.0 Å². The summed E-state index contributed by atoms with van der Waals surface area (Å²) in [5.74, 6) is 1.71. The van der Waals surface area contributed by atoms with E-state index in [9.17, 15) is 0 Å². The van der Waals surface area contributed by atoms with Gasteiger partial charge in [-0.3, -0.25) is 0 Å². The van der Waals surface area contributed by atoms with Crippen molar-refractivity contribution in [3.05, 3.63) is 158 Å². The summed E-state index contributed by atoms with van der Waals surface area (Å²) in [6.45, 7) is 0. The molecule has 11 rings (SSSR count). The topological polar surface area (TPSA) is 69.9 Å². The van der Waals surface area contributed by atoms with E-state index in [1.165, 1.54) is 10.8 Å². The molecular formula is C45H26N4O2. The van der Waals surface area contributed by atoms with E-state index in [1.807, 2.05) is 72.8 Å². The monoisotopic (exact) mass is 654 g/mol. The average Bonchev–Trinajstić information content (AvgIpc) is 3.87. The van der Waals surface area contributed by atoms with Crippen LogP contribution in [0.25, 0.3) is 106 Å². The Labute approximate surface area is 290 Å². The van der Waals surface area contributed by atoms with Gasteiger partial charge in [0, 0.05) is 55.2 Å². The molecule has 11 aromatic rings. The summed E-state index contributed by atoms with van der Waals surface area (Å²) >= 11 is 0. The Balaban J connectivity index is 1.11. The SMILES string of the molecule is c1ccc(-c2nc(-c3ccc4oc5ccccc5c4c3)nc(-c3cccc4c3oc3cc(-n5c6ccccc6c6ccccc65)ccc34)n2)cc1. The molecule has 0 unspecified atom stereocenters. The minimum absolute atomic E-state index is 0.545. The van der Waals surface area contributed by atoms with Crippen LogP contribution in [0.3, 0.4) is 0 Å². The third-order valence-corrected chi connectivity index (χ3v) is 9.86. The number of aromatic nitrogens is 4. The van der Waals surface area contributed by atoms with Crippen molar-refractivity contribution in [2.24, 2.45) is 0 Å². The van der Waals surface area contributed by atoms with Crippen molar-refractivity contribution in [1.29, 1.82) is 0 Å². The van der Waals surface area contributed by atoms with Crippen LogP contribution < -0.4 is 0 Å². The third kappa shape index (κ3) is 4.26. The average molecular weight is 655 g/mol. The predicted octanol–water partition coefficient (Wildman–Crippen LogP) is 11.8. The van der Waals surface area contributed by atoms with Gasteiger partial charge in [-0.05, 0) is 54.6 Å². The van der Waals surface area contributed by atoms with E-state index in [-0.39, 0.29) is 0 Å². The lowest BCUT2D eigenvalue weighted by molar-refractivity contribution is 0.669. The number of fused-ring (bicyclic) bond motifs is 9. The van der Waals surface area contributed by atoms with Gasteiger partial charge in [0.25, 0.3) is 0 Å². The summed E-state index contributed by atoms with van der Waals surface area (Å²) in [4.78, 5) is 15.1. The van der Waals surface area contributed by atoms with Crippen LogP contribution in [-0.2, 0) is 0 Å². The maximum atomic E-state index is 6.76. The van der Waals surface area contributed by atoms with Crippen molar-refractivity contribution in [2.45, 2.75) is 0 Å². The molecule has 0 atom stereocenters. The summed E-state index contributed by atoms with van der Waals surface area (Å²) in [6.07, 6.45) is 0. The zero-order valence-electron chi connectivity index (χ0n) is 27.1. The van der Waals surface area contributed by atoms with Gasteiger partial charge >= 0.3 is 0 Å². The number of nitrogens with zero attached hydrogens (tertiary/aromatic N) is 4. The van der Waals surface area contributed by atoms with Gasteiger partial charge in [0.2, 0.25) is 0 Å². The molecule has 4 heterocycles. The molecule has 4 aromatic heterocycles. The number of para-hydroxylation sites is 4. The molecule has 238 valence electrons. The number of hydrogen-bond donors (Lipinski definition) is 0. The first kappa shape index (κ1) is 27.9. The van der Waals surface area contributed by atoms with Crippen molar-refractivity contribution in [3.63, 3.8) is 0 Å². The fourth-order valence-corrected chi connectivity index (χ4v) is 7.51. The second-order valence-electron chi connectivity index (χ2n) is 12.8. The van der Waals surface area contributed by atoms with Crippen LogP contribution in [0.15, 0.2) is 167 Å². The third-order valence-electron chi connectivity index (χ3n) is 9.86. The van der Waals surface area contributed by atoms with E-state index in [4.69, 9.17) is 23.8 Å². The maximum absolute atomic E-state index is 6.76. The maximum Gasteiger partial charge on any atom is 0.167 e. The van der Waals surface area contributed by atoms with E-state index in [2.05, 4.69) is 89.5 Å². The van der Waals surface area contributed by atoms with Gasteiger partial charge in [0.15, 0.2) is 17.5 Å². The summed E-state index contributed by atoms with van der Waals surface area (Å²) in [6, 6.07) is 53.9. The zero-order chi connectivity index (χ0) is 33.5. The van der Waals surface area contributed by atoms with Crippen LogP contribution in [-0.4, -0.2) is 19.5 Å². The summed E-state index contributed by atoms with van der Waals surface area (Å²) in [7, 11) is 0. The highest BCUT2D eigenvalue weighted by atomic mass is 16.3. The summed E-state index contributed by atoms with van der Waals surface area (Å²) in [5.41, 5.74) is 9.14. The molecule has 6 nitrogen and oxygen atoms in total. The highest BCUT2D eigenvalue weighted by molar-refractivity contribution is 6.12. The molecule has 51 heavy (non-hydrogen) atoms. The van der Waals surface area contributed by atoms with Gasteiger partial charge in [-0.1, -0.05) is 97.1 Å². The summed E-state index contributed by atoms with van der Waals surface area (Å²) in [5, 5.41) is 6.56. The van der Waals surface area contributed by atoms with E-state index in [1.54, 1.807) is 0 Å². The first-order chi connectivity index (χ1) is 25.3. The molecule has 0 amide bonds. The predicted molar refractivity (Wildman–Crippen MR) is 205 cm³/mol. The fraction of sp³-hybridized carbons (Fsp3) is 0. The molecule has 0 fully saturated rings. The number of hydrogen-bond acceptors (Lipinski definition) is 5. The Kier molecular flexibility index (Phi) is 5.86. The molecule has 0 saturated carbocycles. The number of rotatable bonds is 4. The Bertz CT molecular complexity index is 3100. The Morgan fingerprint density at radius 1 is 0.373 bits per heavy atom. The van der Waals surface area contributed by atoms with Crippen molar-refractivity contribution in [2.75, 3.05) is 0 Å². The van der Waals surface area contributed by atoms with Crippen molar-refractivity contribution >= 4 is 65.7 Å². The van der Waals surface area contributed by atoms with Gasteiger partial charge < -0.3 is 13.4 Å². The molecule has 0 aliphatic carbocycles. The lowest BCUT2D eigenvalue weighted by atomic mass is 10.1. The number of furan rings is 2. The van der Waals surface area contributed by atoms with Gasteiger partial charge in [-0.15, -0.1) is 0 Å². The van der Waals surface area contributed by atoms with Crippen LogP contribution in [0.1, 0.15) is 0 Å². The molecule has 0 aliphatic rings. The lowest BCUT2D eigenvalue weighted by Gasteiger charge is -2.09. The summed E-state index contributed by atoms with van der Waals surface area (Å²) < 4.78 is 15.2. The minimum atomic E-state index is 0.545. The molecule has 0 N–H and O–H groups in total. The quantitative estimate of drug-likeness (QED) is 0.189. The van der Waals surface area contributed by atoms with E-state index >= 15 is 0 Å². The van der Waals surface area contributed by atoms with E-state index in [0.29, 0.717) is 17.5 Å². The highest BCUT2D eigenvalue weighted by Gasteiger charge is 2.20. The van der Waals surface area contributed by atoms with Crippen LogP contribution >= 0.6 is 0 Å².